The molecule has 3 nitrogen and oxygen atoms in total. The largest absolute Gasteiger partial charge is 0.389 e. The van der Waals surface area contributed by atoms with E-state index >= 15 is 0 Å². The quantitative estimate of drug-likeness (QED) is 0.750. The standard InChI is InChI=1S/C12H25NO2/c1-11(2,3)8-12(4,5)13-9-6-15-7-10(9)14/h9-10,13-14H,6-8H2,1-5H3. The third kappa shape index (κ3) is 4.49. The van der Waals surface area contributed by atoms with E-state index in [1.165, 1.54) is 0 Å². The third-order valence-electron chi connectivity index (χ3n) is 2.60. The molecule has 0 amide bonds. The summed E-state index contributed by atoms with van der Waals surface area (Å²) in [5.41, 5.74) is 0.332. The van der Waals surface area contributed by atoms with Crippen LogP contribution in [0.5, 0.6) is 0 Å². The molecule has 1 heterocycles. The fourth-order valence-corrected chi connectivity index (χ4v) is 2.56. The van der Waals surface area contributed by atoms with Gasteiger partial charge in [0.05, 0.1) is 25.4 Å². The van der Waals surface area contributed by atoms with Gasteiger partial charge in [0.15, 0.2) is 0 Å². The van der Waals surface area contributed by atoms with E-state index in [4.69, 9.17) is 4.74 Å². The minimum Gasteiger partial charge on any atom is -0.389 e. The van der Waals surface area contributed by atoms with Crippen molar-refractivity contribution in [3.63, 3.8) is 0 Å². The highest BCUT2D eigenvalue weighted by Crippen LogP contribution is 2.27. The van der Waals surface area contributed by atoms with Crippen LogP contribution >= 0.6 is 0 Å². The first-order valence-corrected chi connectivity index (χ1v) is 5.73. The molecule has 0 radical (unpaired) electrons. The van der Waals surface area contributed by atoms with Gasteiger partial charge in [0.25, 0.3) is 0 Å². The summed E-state index contributed by atoms with van der Waals surface area (Å²) in [5, 5.41) is 13.1. The van der Waals surface area contributed by atoms with Crippen molar-refractivity contribution in [3.05, 3.63) is 0 Å². The highest BCUT2D eigenvalue weighted by atomic mass is 16.5. The maximum Gasteiger partial charge on any atom is 0.0948 e. The molecular weight excluding hydrogens is 190 g/mol. The summed E-state index contributed by atoms with van der Waals surface area (Å²) in [7, 11) is 0. The van der Waals surface area contributed by atoms with E-state index in [0.29, 0.717) is 18.6 Å². The first-order valence-electron chi connectivity index (χ1n) is 5.73. The molecule has 1 aliphatic heterocycles. The zero-order valence-corrected chi connectivity index (χ0v) is 10.6. The minimum atomic E-state index is -0.357. The lowest BCUT2D eigenvalue weighted by molar-refractivity contribution is 0.115. The van der Waals surface area contributed by atoms with Gasteiger partial charge in [0, 0.05) is 5.54 Å². The average molecular weight is 215 g/mol. The minimum absolute atomic E-state index is 0.0393. The van der Waals surface area contributed by atoms with E-state index in [0.717, 1.165) is 6.42 Å². The number of hydrogen-bond acceptors (Lipinski definition) is 3. The van der Waals surface area contributed by atoms with Crippen LogP contribution in [0.1, 0.15) is 41.0 Å². The molecule has 90 valence electrons. The first kappa shape index (κ1) is 12.9. The molecule has 0 aliphatic carbocycles. The second-order valence-corrected chi connectivity index (χ2v) is 6.48. The van der Waals surface area contributed by atoms with Crippen molar-refractivity contribution in [1.82, 2.24) is 5.32 Å². The van der Waals surface area contributed by atoms with Crippen molar-refractivity contribution in [2.75, 3.05) is 13.2 Å². The monoisotopic (exact) mass is 215 g/mol. The van der Waals surface area contributed by atoms with E-state index in [1.54, 1.807) is 0 Å². The molecule has 0 aromatic carbocycles. The topological polar surface area (TPSA) is 41.5 Å². The van der Waals surface area contributed by atoms with Gasteiger partial charge in [-0.1, -0.05) is 20.8 Å². The highest BCUT2D eigenvalue weighted by molar-refractivity contribution is 4.90. The predicted octanol–water partition coefficient (Wildman–Crippen LogP) is 1.55. The molecule has 1 rings (SSSR count). The number of ether oxygens (including phenoxy) is 1. The summed E-state index contributed by atoms with van der Waals surface area (Å²) in [6, 6.07) is 0.0855. The van der Waals surface area contributed by atoms with Gasteiger partial charge in [-0.3, -0.25) is 0 Å². The van der Waals surface area contributed by atoms with Crippen LogP contribution in [-0.2, 0) is 4.74 Å². The molecule has 1 fully saturated rings. The molecule has 2 unspecified atom stereocenters. The Morgan fingerprint density at radius 3 is 2.20 bits per heavy atom. The van der Waals surface area contributed by atoms with Gasteiger partial charge in [-0.05, 0) is 25.7 Å². The summed E-state index contributed by atoms with van der Waals surface area (Å²) in [6.07, 6.45) is 0.715. The Bertz CT molecular complexity index is 208. The van der Waals surface area contributed by atoms with Crippen LogP contribution in [0.25, 0.3) is 0 Å². The summed E-state index contributed by atoms with van der Waals surface area (Å²) in [5.74, 6) is 0. The Morgan fingerprint density at radius 2 is 1.80 bits per heavy atom. The van der Waals surface area contributed by atoms with Crippen LogP contribution < -0.4 is 5.32 Å². The fraction of sp³-hybridized carbons (Fsp3) is 1.00. The van der Waals surface area contributed by atoms with Gasteiger partial charge in [0.1, 0.15) is 0 Å². The summed E-state index contributed by atoms with van der Waals surface area (Å²) < 4.78 is 5.23. The normalized spacial score (nSPS) is 28.4. The van der Waals surface area contributed by atoms with E-state index in [1.807, 2.05) is 0 Å². The fourth-order valence-electron chi connectivity index (χ4n) is 2.56. The lowest BCUT2D eigenvalue weighted by atomic mass is 9.81. The van der Waals surface area contributed by atoms with Gasteiger partial charge in [0.2, 0.25) is 0 Å². The zero-order valence-electron chi connectivity index (χ0n) is 10.6. The van der Waals surface area contributed by atoms with Crippen molar-refractivity contribution in [2.45, 2.75) is 58.7 Å². The smallest absolute Gasteiger partial charge is 0.0948 e. The number of nitrogens with one attached hydrogen (secondary N) is 1. The second kappa shape index (κ2) is 4.40. The Balaban J connectivity index is 2.48. The van der Waals surface area contributed by atoms with E-state index in [2.05, 4.69) is 39.9 Å². The highest BCUT2D eigenvalue weighted by Gasteiger charge is 2.33. The van der Waals surface area contributed by atoms with Gasteiger partial charge < -0.3 is 15.2 Å². The summed E-state index contributed by atoms with van der Waals surface area (Å²) >= 11 is 0. The molecule has 1 aliphatic rings. The van der Waals surface area contributed by atoms with Crippen LogP contribution in [0, 0.1) is 5.41 Å². The zero-order chi connectivity index (χ0) is 11.7. The van der Waals surface area contributed by atoms with Crippen molar-refractivity contribution in [1.29, 1.82) is 0 Å². The second-order valence-electron chi connectivity index (χ2n) is 6.48. The first-order chi connectivity index (χ1) is 6.70. The van der Waals surface area contributed by atoms with Crippen LogP contribution in [0.3, 0.4) is 0 Å². The van der Waals surface area contributed by atoms with E-state index in [-0.39, 0.29) is 17.7 Å². The lowest BCUT2D eigenvalue weighted by Gasteiger charge is -2.36. The van der Waals surface area contributed by atoms with Crippen LogP contribution in [-0.4, -0.2) is 36.0 Å². The summed E-state index contributed by atoms with van der Waals surface area (Å²) in [4.78, 5) is 0. The molecule has 3 heteroatoms. The molecule has 1 saturated heterocycles. The van der Waals surface area contributed by atoms with Gasteiger partial charge >= 0.3 is 0 Å². The Labute approximate surface area is 93.2 Å². The van der Waals surface area contributed by atoms with Gasteiger partial charge in [-0.2, -0.15) is 0 Å². The van der Waals surface area contributed by atoms with Crippen LogP contribution in [0.2, 0.25) is 0 Å². The number of aliphatic hydroxyl groups excluding tert-OH is 1. The lowest BCUT2D eigenvalue weighted by Crippen LogP contribution is -2.52. The van der Waals surface area contributed by atoms with Crippen LogP contribution in [0.15, 0.2) is 0 Å². The molecule has 0 spiro atoms. The SMILES string of the molecule is CC(C)(C)CC(C)(C)NC1COCC1O. The molecule has 15 heavy (non-hydrogen) atoms. The third-order valence-corrected chi connectivity index (χ3v) is 2.60. The molecule has 2 atom stereocenters. The maximum absolute atomic E-state index is 9.66. The average Bonchev–Trinajstić information content (AvgIpc) is 2.29. The number of aliphatic hydroxyl groups is 1. The van der Waals surface area contributed by atoms with Gasteiger partial charge in [-0.25, -0.2) is 0 Å². The van der Waals surface area contributed by atoms with Crippen molar-refractivity contribution in [3.8, 4) is 0 Å². The van der Waals surface area contributed by atoms with Crippen LogP contribution in [0.4, 0.5) is 0 Å². The van der Waals surface area contributed by atoms with Crippen molar-refractivity contribution >= 4 is 0 Å². The van der Waals surface area contributed by atoms with Gasteiger partial charge in [-0.15, -0.1) is 0 Å². The van der Waals surface area contributed by atoms with E-state index in [9.17, 15) is 5.11 Å². The number of hydrogen-bond donors (Lipinski definition) is 2. The molecule has 0 saturated carbocycles. The maximum atomic E-state index is 9.66. The van der Waals surface area contributed by atoms with Crippen molar-refractivity contribution in [2.24, 2.45) is 5.41 Å². The van der Waals surface area contributed by atoms with E-state index < -0.39 is 0 Å². The molecule has 0 bridgehead atoms. The molecule has 0 aromatic heterocycles. The Hall–Kier alpha value is -0.120. The van der Waals surface area contributed by atoms with Crippen molar-refractivity contribution < 1.29 is 9.84 Å². The predicted molar refractivity (Wildman–Crippen MR) is 61.9 cm³/mol. The molecular formula is C12H25NO2. The number of rotatable bonds is 3. The Morgan fingerprint density at radius 1 is 1.20 bits per heavy atom. The summed E-state index contributed by atoms with van der Waals surface area (Å²) in [6.45, 7) is 12.2. The Kier molecular flexibility index (Phi) is 3.80. The molecule has 0 aromatic rings. The molecule has 2 N–H and O–H groups in total.